The van der Waals surface area contributed by atoms with E-state index in [1.165, 1.54) is 4.90 Å². The Hall–Kier alpha value is -4.00. The molecule has 7 nitrogen and oxygen atoms in total. The minimum atomic E-state index is -0.751. The van der Waals surface area contributed by atoms with Gasteiger partial charge in [0, 0.05) is 36.9 Å². The molecule has 1 fully saturated rings. The first kappa shape index (κ1) is 21.2. The maximum Gasteiger partial charge on any atom is 0.295 e. The highest BCUT2D eigenvalue weighted by atomic mass is 16.5. The van der Waals surface area contributed by atoms with E-state index in [4.69, 9.17) is 4.74 Å². The number of rotatable bonds is 7. The zero-order valence-corrected chi connectivity index (χ0v) is 17.6. The highest BCUT2D eigenvalue weighted by molar-refractivity contribution is 6.46. The van der Waals surface area contributed by atoms with Crippen molar-refractivity contribution in [2.24, 2.45) is 0 Å². The molecule has 162 valence electrons. The monoisotopic (exact) mass is 429 g/mol. The standard InChI is InChI=1S/C25H23N3O4/c1-2-13-32-20-7-3-6-19(14-20)23(29)21-22(18-8-11-26-12-9-18)28(25(31)24(21)30)16-17-5-4-10-27-15-17/h3-12,14-15,22,29H,2,13,16H2,1H3/b23-21+. The number of hydrogen-bond donors (Lipinski definition) is 1. The van der Waals surface area contributed by atoms with Gasteiger partial charge in [-0.05, 0) is 47.9 Å². The summed E-state index contributed by atoms with van der Waals surface area (Å²) in [6.07, 6.45) is 7.33. The van der Waals surface area contributed by atoms with Crippen molar-refractivity contribution in [3.05, 3.63) is 95.6 Å². The van der Waals surface area contributed by atoms with Gasteiger partial charge in [0.2, 0.25) is 0 Å². The lowest BCUT2D eigenvalue weighted by Gasteiger charge is -2.25. The number of ketones is 1. The summed E-state index contributed by atoms with van der Waals surface area (Å²) in [5.41, 5.74) is 1.92. The number of aliphatic hydroxyl groups is 1. The van der Waals surface area contributed by atoms with Crippen molar-refractivity contribution < 1.29 is 19.4 Å². The van der Waals surface area contributed by atoms with Gasteiger partial charge in [-0.15, -0.1) is 0 Å². The van der Waals surface area contributed by atoms with Gasteiger partial charge in [0.1, 0.15) is 11.5 Å². The van der Waals surface area contributed by atoms with Crippen molar-refractivity contribution in [1.29, 1.82) is 0 Å². The molecule has 1 aromatic carbocycles. The second-order valence-electron chi connectivity index (χ2n) is 7.45. The van der Waals surface area contributed by atoms with E-state index in [1.807, 2.05) is 13.0 Å². The first-order valence-electron chi connectivity index (χ1n) is 10.4. The Morgan fingerprint density at radius 2 is 1.88 bits per heavy atom. The normalized spacial score (nSPS) is 17.5. The summed E-state index contributed by atoms with van der Waals surface area (Å²) >= 11 is 0. The number of Topliss-reactive ketones (excluding diaryl/α,β-unsaturated/α-hetero) is 1. The molecule has 0 saturated carbocycles. The van der Waals surface area contributed by atoms with E-state index in [1.54, 1.807) is 67.3 Å². The largest absolute Gasteiger partial charge is 0.507 e. The number of benzene rings is 1. The van der Waals surface area contributed by atoms with E-state index < -0.39 is 17.7 Å². The molecule has 0 spiro atoms. The molecule has 1 aliphatic rings. The fourth-order valence-electron chi connectivity index (χ4n) is 3.73. The maximum absolute atomic E-state index is 13.1. The van der Waals surface area contributed by atoms with Gasteiger partial charge in [-0.1, -0.05) is 25.1 Å². The highest BCUT2D eigenvalue weighted by Gasteiger charge is 2.46. The summed E-state index contributed by atoms with van der Waals surface area (Å²) in [5, 5.41) is 11.2. The van der Waals surface area contributed by atoms with Crippen LogP contribution in [0.4, 0.5) is 0 Å². The van der Waals surface area contributed by atoms with E-state index in [0.29, 0.717) is 23.5 Å². The van der Waals surface area contributed by atoms with Gasteiger partial charge in [-0.25, -0.2) is 0 Å². The zero-order valence-electron chi connectivity index (χ0n) is 17.6. The third-order valence-electron chi connectivity index (χ3n) is 5.22. The average molecular weight is 429 g/mol. The summed E-state index contributed by atoms with van der Waals surface area (Å²) < 4.78 is 5.66. The fraction of sp³-hybridized carbons (Fsp3) is 0.200. The molecule has 3 aromatic rings. The Balaban J connectivity index is 1.80. The molecule has 2 aromatic heterocycles. The lowest BCUT2D eigenvalue weighted by atomic mass is 9.96. The number of nitrogens with zero attached hydrogens (tertiary/aromatic N) is 3. The molecule has 1 saturated heterocycles. The number of hydrogen-bond acceptors (Lipinski definition) is 6. The van der Waals surface area contributed by atoms with Gasteiger partial charge in [-0.2, -0.15) is 0 Å². The molecule has 1 amide bonds. The zero-order chi connectivity index (χ0) is 22.5. The predicted octanol–water partition coefficient (Wildman–Crippen LogP) is 3.89. The van der Waals surface area contributed by atoms with Crippen LogP contribution < -0.4 is 4.74 Å². The van der Waals surface area contributed by atoms with Crippen LogP contribution in [0.2, 0.25) is 0 Å². The third kappa shape index (κ3) is 4.23. The van der Waals surface area contributed by atoms with Crippen molar-refractivity contribution in [2.45, 2.75) is 25.9 Å². The van der Waals surface area contributed by atoms with Crippen LogP contribution in [-0.2, 0) is 16.1 Å². The van der Waals surface area contributed by atoms with Crippen LogP contribution in [-0.4, -0.2) is 38.3 Å². The molecule has 0 radical (unpaired) electrons. The lowest BCUT2D eigenvalue weighted by Crippen LogP contribution is -2.29. The van der Waals surface area contributed by atoms with Crippen LogP contribution in [0, 0.1) is 0 Å². The van der Waals surface area contributed by atoms with Crippen LogP contribution in [0.25, 0.3) is 5.76 Å². The number of aromatic nitrogens is 2. The molecule has 1 N–H and O–H groups in total. The minimum Gasteiger partial charge on any atom is -0.507 e. The van der Waals surface area contributed by atoms with Gasteiger partial charge in [0.15, 0.2) is 0 Å². The van der Waals surface area contributed by atoms with Crippen LogP contribution in [0.5, 0.6) is 5.75 Å². The number of pyridine rings is 2. The van der Waals surface area contributed by atoms with Gasteiger partial charge in [0.25, 0.3) is 11.7 Å². The van der Waals surface area contributed by atoms with E-state index >= 15 is 0 Å². The molecule has 3 heterocycles. The first-order valence-corrected chi connectivity index (χ1v) is 10.4. The number of aliphatic hydroxyl groups excluding tert-OH is 1. The number of carbonyl (C=O) groups excluding carboxylic acids is 2. The number of amides is 1. The lowest BCUT2D eigenvalue weighted by molar-refractivity contribution is -0.140. The third-order valence-corrected chi connectivity index (χ3v) is 5.22. The average Bonchev–Trinajstić information content (AvgIpc) is 3.08. The molecular weight excluding hydrogens is 406 g/mol. The summed E-state index contributed by atoms with van der Waals surface area (Å²) in [5.74, 6) is -1.05. The molecule has 7 heteroatoms. The molecule has 1 aliphatic heterocycles. The highest BCUT2D eigenvalue weighted by Crippen LogP contribution is 2.40. The first-order chi connectivity index (χ1) is 15.6. The van der Waals surface area contributed by atoms with E-state index in [9.17, 15) is 14.7 Å². The number of ether oxygens (including phenoxy) is 1. The van der Waals surface area contributed by atoms with Crippen molar-refractivity contribution in [2.75, 3.05) is 6.61 Å². The van der Waals surface area contributed by atoms with Gasteiger partial charge < -0.3 is 14.7 Å². The Kier molecular flexibility index (Phi) is 6.26. The molecule has 4 rings (SSSR count). The van der Waals surface area contributed by atoms with Gasteiger partial charge in [-0.3, -0.25) is 19.6 Å². The summed E-state index contributed by atoms with van der Waals surface area (Å²) in [6.45, 7) is 2.72. The molecule has 32 heavy (non-hydrogen) atoms. The molecule has 1 unspecified atom stereocenters. The minimum absolute atomic E-state index is 0.0396. The molecule has 0 bridgehead atoms. The van der Waals surface area contributed by atoms with Crippen molar-refractivity contribution in [1.82, 2.24) is 14.9 Å². The predicted molar refractivity (Wildman–Crippen MR) is 119 cm³/mol. The van der Waals surface area contributed by atoms with E-state index in [-0.39, 0.29) is 17.9 Å². The maximum atomic E-state index is 13.1. The van der Waals surface area contributed by atoms with Gasteiger partial charge in [0.05, 0.1) is 18.2 Å². The van der Waals surface area contributed by atoms with Crippen molar-refractivity contribution in [3.63, 3.8) is 0 Å². The summed E-state index contributed by atoms with van der Waals surface area (Å²) in [6, 6.07) is 13.2. The second-order valence-corrected chi connectivity index (χ2v) is 7.45. The molecule has 1 atom stereocenters. The van der Waals surface area contributed by atoms with Crippen LogP contribution in [0.15, 0.2) is 78.9 Å². The quantitative estimate of drug-likeness (QED) is 0.348. The van der Waals surface area contributed by atoms with Crippen molar-refractivity contribution in [3.8, 4) is 5.75 Å². The van der Waals surface area contributed by atoms with E-state index in [2.05, 4.69) is 9.97 Å². The smallest absolute Gasteiger partial charge is 0.295 e. The Morgan fingerprint density at radius 3 is 2.59 bits per heavy atom. The van der Waals surface area contributed by atoms with Crippen LogP contribution in [0.3, 0.4) is 0 Å². The number of carbonyl (C=O) groups is 2. The van der Waals surface area contributed by atoms with Crippen LogP contribution in [0.1, 0.15) is 36.1 Å². The van der Waals surface area contributed by atoms with E-state index in [0.717, 1.165) is 12.0 Å². The van der Waals surface area contributed by atoms with Gasteiger partial charge >= 0.3 is 0 Å². The summed E-state index contributed by atoms with van der Waals surface area (Å²) in [4.78, 5) is 35.7. The Bertz CT molecular complexity index is 1150. The molecule has 0 aliphatic carbocycles. The topological polar surface area (TPSA) is 92.6 Å². The Labute approximate surface area is 186 Å². The Morgan fingerprint density at radius 1 is 1.06 bits per heavy atom. The SMILES string of the molecule is CCCOc1cccc(/C(O)=C2\C(=O)C(=O)N(Cc3cccnc3)C2c2ccncc2)c1. The fourth-order valence-corrected chi connectivity index (χ4v) is 3.73. The van der Waals surface area contributed by atoms with Crippen molar-refractivity contribution >= 4 is 17.4 Å². The molecular formula is C25H23N3O4. The second kappa shape index (κ2) is 9.43. The summed E-state index contributed by atoms with van der Waals surface area (Å²) in [7, 11) is 0. The van der Waals surface area contributed by atoms with Crippen LogP contribution >= 0.6 is 0 Å². The number of likely N-dealkylation sites (tertiary alicyclic amines) is 1.